The molecule has 2 aromatic rings. The first kappa shape index (κ1) is 14.3. The summed E-state index contributed by atoms with van der Waals surface area (Å²) in [6.07, 6.45) is 6.63. The molecule has 1 amide bonds. The average molecular weight is 271 g/mol. The summed E-state index contributed by atoms with van der Waals surface area (Å²) in [5, 5.41) is 7.03. The summed E-state index contributed by atoms with van der Waals surface area (Å²) in [5.74, 6) is 0.0217. The summed E-state index contributed by atoms with van der Waals surface area (Å²) >= 11 is 0. The Morgan fingerprint density at radius 2 is 2.05 bits per heavy atom. The Morgan fingerprint density at radius 3 is 2.75 bits per heavy atom. The van der Waals surface area contributed by atoms with Gasteiger partial charge in [0.25, 0.3) is 0 Å². The second kappa shape index (κ2) is 7.48. The SMILES string of the molecule is C[C@@H](C(=O)NCCCCc1ccccc1)n1cccn1. The van der Waals surface area contributed by atoms with Crippen LogP contribution in [0.2, 0.25) is 0 Å². The number of aryl methyl sites for hydroxylation is 1. The van der Waals surface area contributed by atoms with Crippen molar-refractivity contribution in [2.75, 3.05) is 6.54 Å². The van der Waals surface area contributed by atoms with E-state index in [1.165, 1.54) is 5.56 Å². The molecule has 106 valence electrons. The second-order valence-corrected chi connectivity index (χ2v) is 4.90. The molecular weight excluding hydrogens is 250 g/mol. The number of benzene rings is 1. The third kappa shape index (κ3) is 4.23. The van der Waals surface area contributed by atoms with E-state index in [1.807, 2.05) is 19.1 Å². The zero-order valence-electron chi connectivity index (χ0n) is 11.8. The smallest absolute Gasteiger partial charge is 0.244 e. The van der Waals surface area contributed by atoms with E-state index in [2.05, 4.69) is 34.7 Å². The van der Waals surface area contributed by atoms with E-state index in [4.69, 9.17) is 0 Å². The molecule has 4 heteroatoms. The lowest BCUT2D eigenvalue weighted by molar-refractivity contribution is -0.124. The number of hydrogen-bond acceptors (Lipinski definition) is 2. The zero-order valence-corrected chi connectivity index (χ0v) is 11.8. The summed E-state index contributed by atoms with van der Waals surface area (Å²) in [4.78, 5) is 11.9. The Balaban J connectivity index is 1.62. The molecule has 0 radical (unpaired) electrons. The topological polar surface area (TPSA) is 46.9 Å². The van der Waals surface area contributed by atoms with Crippen LogP contribution in [0.5, 0.6) is 0 Å². The second-order valence-electron chi connectivity index (χ2n) is 4.90. The van der Waals surface area contributed by atoms with Gasteiger partial charge in [0, 0.05) is 18.9 Å². The molecule has 0 unspecified atom stereocenters. The van der Waals surface area contributed by atoms with Crippen LogP contribution in [0.15, 0.2) is 48.8 Å². The van der Waals surface area contributed by atoms with Crippen molar-refractivity contribution in [3.63, 3.8) is 0 Å². The highest BCUT2D eigenvalue weighted by atomic mass is 16.2. The Labute approximate surface area is 119 Å². The summed E-state index contributed by atoms with van der Waals surface area (Å²) in [6, 6.07) is 12.0. The van der Waals surface area contributed by atoms with E-state index >= 15 is 0 Å². The maximum absolute atomic E-state index is 11.9. The molecule has 0 aliphatic heterocycles. The van der Waals surface area contributed by atoms with Crippen LogP contribution in [0.25, 0.3) is 0 Å². The van der Waals surface area contributed by atoms with Gasteiger partial charge in [-0.15, -0.1) is 0 Å². The van der Waals surface area contributed by atoms with Gasteiger partial charge in [-0.3, -0.25) is 9.48 Å². The van der Waals surface area contributed by atoms with Crippen molar-refractivity contribution in [3.8, 4) is 0 Å². The van der Waals surface area contributed by atoms with Gasteiger partial charge in [0.15, 0.2) is 0 Å². The number of aromatic nitrogens is 2. The largest absolute Gasteiger partial charge is 0.354 e. The third-order valence-electron chi connectivity index (χ3n) is 3.34. The van der Waals surface area contributed by atoms with Crippen LogP contribution in [0.1, 0.15) is 31.4 Å². The average Bonchev–Trinajstić information content (AvgIpc) is 3.01. The number of hydrogen-bond donors (Lipinski definition) is 1. The maximum Gasteiger partial charge on any atom is 0.244 e. The van der Waals surface area contributed by atoms with Crippen molar-refractivity contribution >= 4 is 5.91 Å². The lowest BCUT2D eigenvalue weighted by Gasteiger charge is -2.12. The highest BCUT2D eigenvalue weighted by Crippen LogP contribution is 2.05. The Hall–Kier alpha value is -2.10. The van der Waals surface area contributed by atoms with Crippen molar-refractivity contribution in [1.29, 1.82) is 0 Å². The van der Waals surface area contributed by atoms with Crippen LogP contribution in [0.4, 0.5) is 0 Å². The lowest BCUT2D eigenvalue weighted by atomic mass is 10.1. The van der Waals surface area contributed by atoms with Crippen molar-refractivity contribution in [3.05, 3.63) is 54.4 Å². The molecule has 0 spiro atoms. The minimum Gasteiger partial charge on any atom is -0.354 e. The molecule has 2 rings (SSSR count). The van der Waals surface area contributed by atoms with Crippen molar-refractivity contribution in [1.82, 2.24) is 15.1 Å². The standard InChI is InChI=1S/C16H21N3O/c1-14(19-13-7-12-18-19)16(20)17-11-6-5-10-15-8-3-2-4-9-15/h2-4,7-9,12-14H,5-6,10-11H2,1H3,(H,17,20)/t14-/m0/s1. The van der Waals surface area contributed by atoms with Crippen LogP contribution in [0.3, 0.4) is 0 Å². The molecule has 0 fully saturated rings. The quantitative estimate of drug-likeness (QED) is 0.787. The molecule has 4 nitrogen and oxygen atoms in total. The predicted octanol–water partition coefficient (Wildman–Crippen LogP) is 2.58. The van der Waals surface area contributed by atoms with Crippen LogP contribution in [-0.4, -0.2) is 22.2 Å². The van der Waals surface area contributed by atoms with Crippen molar-refractivity contribution in [2.45, 2.75) is 32.2 Å². The highest BCUT2D eigenvalue weighted by molar-refractivity contribution is 5.79. The molecule has 0 saturated heterocycles. The predicted molar refractivity (Wildman–Crippen MR) is 79.3 cm³/mol. The molecular formula is C16H21N3O. The number of nitrogens with one attached hydrogen (secondary N) is 1. The number of unbranched alkanes of at least 4 members (excludes halogenated alkanes) is 1. The fourth-order valence-electron chi connectivity index (χ4n) is 2.09. The molecule has 1 N–H and O–H groups in total. The summed E-state index contributed by atoms with van der Waals surface area (Å²) in [6.45, 7) is 2.57. The van der Waals surface area contributed by atoms with Crippen LogP contribution < -0.4 is 5.32 Å². The van der Waals surface area contributed by atoms with Crippen LogP contribution in [-0.2, 0) is 11.2 Å². The van der Waals surface area contributed by atoms with Gasteiger partial charge in [-0.05, 0) is 37.8 Å². The summed E-state index contributed by atoms with van der Waals surface area (Å²) in [7, 11) is 0. The zero-order chi connectivity index (χ0) is 14.2. The molecule has 1 aromatic carbocycles. The first-order valence-corrected chi connectivity index (χ1v) is 7.08. The number of nitrogens with zero attached hydrogens (tertiary/aromatic N) is 2. The van der Waals surface area contributed by atoms with E-state index in [0.717, 1.165) is 25.8 Å². The van der Waals surface area contributed by atoms with Gasteiger partial charge in [0.05, 0.1) is 0 Å². The van der Waals surface area contributed by atoms with Gasteiger partial charge in [-0.25, -0.2) is 0 Å². The van der Waals surface area contributed by atoms with Crippen LogP contribution in [0, 0.1) is 0 Å². The van der Waals surface area contributed by atoms with Gasteiger partial charge in [0.1, 0.15) is 6.04 Å². The van der Waals surface area contributed by atoms with Gasteiger partial charge in [-0.2, -0.15) is 5.10 Å². The van der Waals surface area contributed by atoms with E-state index in [1.54, 1.807) is 17.1 Å². The lowest BCUT2D eigenvalue weighted by Crippen LogP contribution is -2.31. The Bertz CT molecular complexity index is 508. The molecule has 1 heterocycles. The third-order valence-corrected chi connectivity index (χ3v) is 3.34. The number of amides is 1. The van der Waals surface area contributed by atoms with E-state index in [9.17, 15) is 4.79 Å². The van der Waals surface area contributed by atoms with E-state index in [-0.39, 0.29) is 11.9 Å². The number of carbonyl (C=O) groups is 1. The molecule has 1 atom stereocenters. The van der Waals surface area contributed by atoms with Gasteiger partial charge in [-0.1, -0.05) is 30.3 Å². The monoisotopic (exact) mass is 271 g/mol. The fourth-order valence-corrected chi connectivity index (χ4v) is 2.09. The Kier molecular flexibility index (Phi) is 5.35. The minimum absolute atomic E-state index is 0.0217. The van der Waals surface area contributed by atoms with Crippen LogP contribution >= 0.6 is 0 Å². The summed E-state index contributed by atoms with van der Waals surface area (Å²) < 4.78 is 1.67. The van der Waals surface area contributed by atoms with Gasteiger partial charge in [0.2, 0.25) is 5.91 Å². The molecule has 0 aliphatic rings. The van der Waals surface area contributed by atoms with Gasteiger partial charge >= 0.3 is 0 Å². The van der Waals surface area contributed by atoms with Crippen molar-refractivity contribution in [2.24, 2.45) is 0 Å². The van der Waals surface area contributed by atoms with Crippen molar-refractivity contribution < 1.29 is 4.79 Å². The van der Waals surface area contributed by atoms with Gasteiger partial charge < -0.3 is 5.32 Å². The number of rotatable bonds is 7. The molecule has 1 aromatic heterocycles. The molecule has 0 aliphatic carbocycles. The first-order valence-electron chi connectivity index (χ1n) is 7.08. The normalized spacial score (nSPS) is 12.1. The minimum atomic E-state index is -0.251. The van der Waals surface area contributed by atoms with E-state index < -0.39 is 0 Å². The number of carbonyl (C=O) groups excluding carboxylic acids is 1. The highest BCUT2D eigenvalue weighted by Gasteiger charge is 2.13. The summed E-state index contributed by atoms with van der Waals surface area (Å²) in [5.41, 5.74) is 1.35. The van der Waals surface area contributed by atoms with E-state index in [0.29, 0.717) is 0 Å². The maximum atomic E-state index is 11.9. The Morgan fingerprint density at radius 1 is 1.25 bits per heavy atom. The molecule has 20 heavy (non-hydrogen) atoms. The fraction of sp³-hybridized carbons (Fsp3) is 0.375. The molecule has 0 saturated carbocycles. The molecule has 0 bridgehead atoms. The first-order chi connectivity index (χ1) is 9.77.